The van der Waals surface area contributed by atoms with E-state index < -0.39 is 6.10 Å². The summed E-state index contributed by atoms with van der Waals surface area (Å²) in [6.07, 6.45) is 4.21. The van der Waals surface area contributed by atoms with E-state index in [1.54, 1.807) is 12.4 Å². The number of hydrogen-bond acceptors (Lipinski definition) is 4. The number of aliphatic hydroxyl groups excluding tert-OH is 1. The first-order valence-corrected chi connectivity index (χ1v) is 6.57. The van der Waals surface area contributed by atoms with Crippen LogP contribution in [-0.2, 0) is 4.74 Å². The van der Waals surface area contributed by atoms with Gasteiger partial charge in [0.1, 0.15) is 18.0 Å². The SMILES string of the molecule is CCCOC1C(O)CC1Oc1cncc(Br)c1. The minimum absolute atomic E-state index is 0.0763. The average molecular weight is 302 g/mol. The first-order chi connectivity index (χ1) is 8.20. The number of halogens is 1. The fourth-order valence-corrected chi connectivity index (χ4v) is 2.12. The van der Waals surface area contributed by atoms with Crippen LogP contribution in [0.4, 0.5) is 0 Å². The van der Waals surface area contributed by atoms with E-state index in [4.69, 9.17) is 9.47 Å². The summed E-state index contributed by atoms with van der Waals surface area (Å²) in [6.45, 7) is 2.69. The van der Waals surface area contributed by atoms with Crippen molar-refractivity contribution in [3.05, 3.63) is 22.9 Å². The topological polar surface area (TPSA) is 51.6 Å². The lowest BCUT2D eigenvalue weighted by atomic mass is 9.88. The van der Waals surface area contributed by atoms with Gasteiger partial charge in [0.25, 0.3) is 0 Å². The monoisotopic (exact) mass is 301 g/mol. The van der Waals surface area contributed by atoms with Gasteiger partial charge in [-0.3, -0.25) is 4.98 Å². The maximum Gasteiger partial charge on any atom is 0.139 e. The number of nitrogens with zero attached hydrogens (tertiary/aromatic N) is 1. The molecule has 1 fully saturated rings. The molecule has 1 aromatic rings. The van der Waals surface area contributed by atoms with Gasteiger partial charge < -0.3 is 14.6 Å². The van der Waals surface area contributed by atoms with E-state index in [1.807, 2.05) is 13.0 Å². The molecule has 3 atom stereocenters. The van der Waals surface area contributed by atoms with Crippen molar-refractivity contribution in [3.8, 4) is 5.75 Å². The van der Waals surface area contributed by atoms with Gasteiger partial charge in [-0.05, 0) is 28.4 Å². The van der Waals surface area contributed by atoms with Crippen molar-refractivity contribution in [2.75, 3.05) is 6.61 Å². The average Bonchev–Trinajstić information content (AvgIpc) is 2.29. The molecule has 94 valence electrons. The van der Waals surface area contributed by atoms with Gasteiger partial charge in [0.2, 0.25) is 0 Å². The van der Waals surface area contributed by atoms with E-state index in [1.165, 1.54) is 0 Å². The van der Waals surface area contributed by atoms with Crippen LogP contribution in [0.2, 0.25) is 0 Å². The molecule has 0 radical (unpaired) electrons. The Labute approximate surface area is 109 Å². The van der Waals surface area contributed by atoms with Crippen molar-refractivity contribution < 1.29 is 14.6 Å². The predicted molar refractivity (Wildman–Crippen MR) is 67.0 cm³/mol. The second-order valence-electron chi connectivity index (χ2n) is 4.13. The molecule has 0 aromatic carbocycles. The van der Waals surface area contributed by atoms with E-state index in [9.17, 15) is 5.11 Å². The summed E-state index contributed by atoms with van der Waals surface area (Å²) in [5.74, 6) is 0.696. The van der Waals surface area contributed by atoms with Crippen LogP contribution >= 0.6 is 15.9 Å². The molecule has 2 rings (SSSR count). The third-order valence-corrected chi connectivity index (χ3v) is 3.13. The first-order valence-electron chi connectivity index (χ1n) is 5.77. The summed E-state index contributed by atoms with van der Waals surface area (Å²) in [7, 11) is 0. The van der Waals surface area contributed by atoms with Crippen LogP contribution in [0.3, 0.4) is 0 Å². The van der Waals surface area contributed by atoms with Crippen LogP contribution in [0.15, 0.2) is 22.9 Å². The Bertz CT molecular complexity index is 375. The van der Waals surface area contributed by atoms with E-state index in [0.29, 0.717) is 18.8 Å². The third kappa shape index (κ3) is 3.18. The fraction of sp³-hybridized carbons (Fsp3) is 0.583. The highest BCUT2D eigenvalue weighted by atomic mass is 79.9. The van der Waals surface area contributed by atoms with Crippen molar-refractivity contribution >= 4 is 15.9 Å². The molecular formula is C12H16BrNO3. The Hall–Kier alpha value is -0.650. The van der Waals surface area contributed by atoms with Crippen LogP contribution in [0.25, 0.3) is 0 Å². The van der Waals surface area contributed by atoms with Crippen LogP contribution in [0.1, 0.15) is 19.8 Å². The second-order valence-corrected chi connectivity index (χ2v) is 5.05. The van der Waals surface area contributed by atoms with Crippen molar-refractivity contribution in [3.63, 3.8) is 0 Å². The molecule has 1 aromatic heterocycles. The summed E-state index contributed by atoms with van der Waals surface area (Å²) in [5, 5.41) is 9.61. The zero-order chi connectivity index (χ0) is 12.3. The number of ether oxygens (including phenoxy) is 2. The van der Waals surface area contributed by atoms with Crippen LogP contribution in [0, 0.1) is 0 Å². The van der Waals surface area contributed by atoms with Crippen molar-refractivity contribution in [2.45, 2.75) is 38.1 Å². The molecule has 0 saturated heterocycles. The number of aliphatic hydroxyl groups is 1. The van der Waals surface area contributed by atoms with Gasteiger partial charge >= 0.3 is 0 Å². The van der Waals surface area contributed by atoms with Crippen molar-refractivity contribution in [2.24, 2.45) is 0 Å². The fourth-order valence-electron chi connectivity index (χ4n) is 1.78. The van der Waals surface area contributed by atoms with Gasteiger partial charge in [-0.25, -0.2) is 0 Å². The Morgan fingerprint density at radius 2 is 2.35 bits per heavy atom. The molecule has 1 saturated carbocycles. The summed E-state index contributed by atoms with van der Waals surface area (Å²) < 4.78 is 12.2. The Morgan fingerprint density at radius 1 is 1.53 bits per heavy atom. The molecule has 0 amide bonds. The van der Waals surface area contributed by atoms with Crippen molar-refractivity contribution in [1.29, 1.82) is 0 Å². The van der Waals surface area contributed by atoms with Gasteiger partial charge in [0.05, 0.1) is 12.3 Å². The summed E-state index contributed by atoms with van der Waals surface area (Å²) in [5.41, 5.74) is 0. The third-order valence-electron chi connectivity index (χ3n) is 2.70. The van der Waals surface area contributed by atoms with E-state index in [-0.39, 0.29) is 12.2 Å². The van der Waals surface area contributed by atoms with Gasteiger partial charge in [-0.2, -0.15) is 0 Å². The number of aromatic nitrogens is 1. The smallest absolute Gasteiger partial charge is 0.139 e. The van der Waals surface area contributed by atoms with Gasteiger partial charge in [-0.1, -0.05) is 6.92 Å². The molecule has 5 heteroatoms. The van der Waals surface area contributed by atoms with Crippen LogP contribution in [0.5, 0.6) is 5.75 Å². The molecule has 4 nitrogen and oxygen atoms in total. The minimum Gasteiger partial charge on any atom is -0.486 e. The lowest BCUT2D eigenvalue weighted by molar-refractivity contribution is -0.162. The summed E-state index contributed by atoms with van der Waals surface area (Å²) in [6, 6.07) is 1.86. The molecular weight excluding hydrogens is 286 g/mol. The first kappa shape index (κ1) is 12.8. The van der Waals surface area contributed by atoms with E-state index >= 15 is 0 Å². The largest absolute Gasteiger partial charge is 0.486 e. The molecule has 1 N–H and O–H groups in total. The minimum atomic E-state index is -0.410. The highest BCUT2D eigenvalue weighted by Crippen LogP contribution is 2.29. The Morgan fingerprint density at radius 3 is 3.00 bits per heavy atom. The molecule has 1 heterocycles. The van der Waals surface area contributed by atoms with Gasteiger partial charge in [-0.15, -0.1) is 0 Å². The number of hydrogen-bond donors (Lipinski definition) is 1. The number of rotatable bonds is 5. The van der Waals surface area contributed by atoms with Gasteiger partial charge in [0.15, 0.2) is 0 Å². The standard InChI is InChI=1S/C12H16BrNO3/c1-2-3-16-12-10(15)5-11(12)17-9-4-8(13)6-14-7-9/h4,6-7,10-12,15H,2-3,5H2,1H3. The quantitative estimate of drug-likeness (QED) is 0.905. The molecule has 0 bridgehead atoms. The normalized spacial score (nSPS) is 27.6. The lowest BCUT2D eigenvalue weighted by Gasteiger charge is -2.40. The predicted octanol–water partition coefficient (Wildman–Crippen LogP) is 2.15. The molecule has 1 aliphatic carbocycles. The van der Waals surface area contributed by atoms with Gasteiger partial charge in [0, 0.05) is 23.7 Å². The Kier molecular flexibility index (Phi) is 4.36. The second kappa shape index (κ2) is 5.80. The van der Waals surface area contributed by atoms with Crippen molar-refractivity contribution in [1.82, 2.24) is 4.98 Å². The van der Waals surface area contributed by atoms with Crippen LogP contribution < -0.4 is 4.74 Å². The lowest BCUT2D eigenvalue weighted by Crippen LogP contribution is -2.55. The maximum absolute atomic E-state index is 9.61. The molecule has 0 aliphatic heterocycles. The molecule has 3 unspecified atom stereocenters. The van der Waals surface area contributed by atoms with E-state index in [0.717, 1.165) is 10.9 Å². The maximum atomic E-state index is 9.61. The summed E-state index contributed by atoms with van der Waals surface area (Å²) >= 11 is 3.34. The molecule has 0 spiro atoms. The van der Waals surface area contributed by atoms with Crippen LogP contribution in [-0.4, -0.2) is 35.0 Å². The van der Waals surface area contributed by atoms with E-state index in [2.05, 4.69) is 20.9 Å². The molecule has 1 aliphatic rings. The number of pyridine rings is 1. The molecule has 17 heavy (non-hydrogen) atoms. The highest BCUT2D eigenvalue weighted by Gasteiger charge is 2.42. The Balaban J connectivity index is 1.91. The summed E-state index contributed by atoms with van der Waals surface area (Å²) in [4.78, 5) is 4.03. The zero-order valence-electron chi connectivity index (χ0n) is 9.67. The zero-order valence-corrected chi connectivity index (χ0v) is 11.3. The highest BCUT2D eigenvalue weighted by molar-refractivity contribution is 9.10.